The number of hydrogen-bond acceptors (Lipinski definition) is 7. The number of methoxy groups -OCH3 is 1. The Kier molecular flexibility index (Phi) is 4.92. The smallest absolute Gasteiger partial charge is 0.294 e. The average molecular weight is 349 g/mol. The molecule has 0 radical (unpaired) electrons. The summed E-state index contributed by atoms with van der Waals surface area (Å²) in [4.78, 5) is 22.8. The lowest BCUT2D eigenvalue weighted by Gasteiger charge is -2.15. The van der Waals surface area contributed by atoms with E-state index in [1.54, 1.807) is 42.1 Å². The Morgan fingerprint density at radius 3 is 3.13 bits per heavy atom. The van der Waals surface area contributed by atoms with E-state index in [-0.39, 0.29) is 5.91 Å². The van der Waals surface area contributed by atoms with Gasteiger partial charge in [0.05, 0.1) is 24.0 Å². The van der Waals surface area contributed by atoms with E-state index in [0.29, 0.717) is 23.3 Å². The van der Waals surface area contributed by atoms with Gasteiger partial charge in [-0.05, 0) is 24.5 Å². The van der Waals surface area contributed by atoms with Crippen molar-refractivity contribution in [3.63, 3.8) is 0 Å². The number of amides is 1. The number of aromatic nitrogens is 2. The molecule has 0 spiro atoms. The fourth-order valence-electron chi connectivity index (χ4n) is 2.14. The van der Waals surface area contributed by atoms with Crippen molar-refractivity contribution in [3.8, 4) is 5.88 Å². The molecule has 1 aliphatic rings. The first kappa shape index (κ1) is 15.9. The molecule has 6 nitrogen and oxygen atoms in total. The molecule has 1 aliphatic heterocycles. The number of hydrogen-bond donors (Lipinski definition) is 0. The van der Waals surface area contributed by atoms with Crippen LogP contribution in [-0.4, -0.2) is 46.4 Å². The molecule has 0 aliphatic carbocycles. The number of rotatable bonds is 4. The van der Waals surface area contributed by atoms with E-state index in [4.69, 9.17) is 9.15 Å². The standard InChI is InChI=1S/C15H15N3O3S2/c1-20-13-10(9-16-15(17-13)22-2)8-12-18(5-7-23-12)14(19)11-4-3-6-21-11/h3-4,6,8-9H,5,7H2,1-2H3/b12-8+. The van der Waals surface area contributed by atoms with Gasteiger partial charge in [0.2, 0.25) is 5.88 Å². The minimum Gasteiger partial charge on any atom is -0.480 e. The van der Waals surface area contributed by atoms with E-state index in [0.717, 1.165) is 16.3 Å². The normalized spacial score (nSPS) is 16.1. The van der Waals surface area contributed by atoms with Gasteiger partial charge in [0, 0.05) is 18.5 Å². The number of carbonyl (C=O) groups is 1. The predicted octanol–water partition coefficient (Wildman–Crippen LogP) is 2.99. The van der Waals surface area contributed by atoms with Gasteiger partial charge in [-0.1, -0.05) is 11.8 Å². The van der Waals surface area contributed by atoms with E-state index in [9.17, 15) is 4.79 Å². The van der Waals surface area contributed by atoms with Crippen LogP contribution < -0.4 is 4.74 Å². The van der Waals surface area contributed by atoms with Crippen molar-refractivity contribution in [2.75, 3.05) is 25.7 Å². The van der Waals surface area contributed by atoms with Gasteiger partial charge in [-0.15, -0.1) is 11.8 Å². The molecule has 1 fully saturated rings. The molecule has 0 bridgehead atoms. The van der Waals surface area contributed by atoms with Crippen molar-refractivity contribution in [1.82, 2.24) is 14.9 Å². The Morgan fingerprint density at radius 2 is 2.43 bits per heavy atom. The third-order valence-corrected chi connectivity index (χ3v) is 4.80. The van der Waals surface area contributed by atoms with Gasteiger partial charge in [0.15, 0.2) is 10.9 Å². The molecular formula is C15H15N3O3S2. The van der Waals surface area contributed by atoms with Crippen molar-refractivity contribution in [2.45, 2.75) is 5.16 Å². The van der Waals surface area contributed by atoms with E-state index in [1.165, 1.54) is 18.0 Å². The van der Waals surface area contributed by atoms with E-state index in [2.05, 4.69) is 9.97 Å². The fraction of sp³-hybridized carbons (Fsp3) is 0.267. The zero-order valence-electron chi connectivity index (χ0n) is 12.7. The van der Waals surface area contributed by atoms with E-state index < -0.39 is 0 Å². The van der Waals surface area contributed by atoms with Crippen LogP contribution in [0.2, 0.25) is 0 Å². The first-order chi connectivity index (χ1) is 11.2. The second-order valence-electron chi connectivity index (χ2n) is 4.59. The van der Waals surface area contributed by atoms with Crippen LogP contribution in [0, 0.1) is 0 Å². The highest BCUT2D eigenvalue weighted by atomic mass is 32.2. The van der Waals surface area contributed by atoms with Crippen LogP contribution in [0.1, 0.15) is 16.1 Å². The van der Waals surface area contributed by atoms with Crippen LogP contribution in [0.3, 0.4) is 0 Å². The molecule has 1 amide bonds. The summed E-state index contributed by atoms with van der Waals surface area (Å²) >= 11 is 3.06. The number of nitrogens with zero attached hydrogens (tertiary/aromatic N) is 3. The summed E-state index contributed by atoms with van der Waals surface area (Å²) in [6, 6.07) is 3.37. The molecule has 8 heteroatoms. The largest absolute Gasteiger partial charge is 0.480 e. The SMILES string of the molecule is COc1nc(SC)ncc1/C=C1/SCCN1C(=O)c1ccco1. The van der Waals surface area contributed by atoms with Crippen LogP contribution in [0.15, 0.2) is 39.2 Å². The van der Waals surface area contributed by atoms with Crippen molar-refractivity contribution >= 4 is 35.5 Å². The third kappa shape index (κ3) is 3.37. The lowest BCUT2D eigenvalue weighted by molar-refractivity contribution is 0.0800. The number of ether oxygens (including phenoxy) is 1. The maximum atomic E-state index is 12.5. The average Bonchev–Trinajstić information content (AvgIpc) is 3.26. The lowest BCUT2D eigenvalue weighted by Crippen LogP contribution is -2.26. The number of furan rings is 1. The van der Waals surface area contributed by atoms with Crippen molar-refractivity contribution < 1.29 is 13.9 Å². The number of carbonyl (C=O) groups excluding carboxylic acids is 1. The maximum Gasteiger partial charge on any atom is 0.294 e. The molecule has 120 valence electrons. The minimum absolute atomic E-state index is 0.146. The summed E-state index contributed by atoms with van der Waals surface area (Å²) < 4.78 is 10.5. The zero-order valence-corrected chi connectivity index (χ0v) is 14.3. The van der Waals surface area contributed by atoms with Crippen molar-refractivity contribution in [1.29, 1.82) is 0 Å². The molecule has 0 aromatic carbocycles. The quantitative estimate of drug-likeness (QED) is 0.621. The molecule has 23 heavy (non-hydrogen) atoms. The lowest BCUT2D eigenvalue weighted by atomic mass is 10.3. The van der Waals surface area contributed by atoms with Crippen LogP contribution in [0.5, 0.6) is 5.88 Å². The van der Waals surface area contributed by atoms with Gasteiger partial charge in [0.25, 0.3) is 5.91 Å². The Bertz CT molecular complexity index is 732. The van der Waals surface area contributed by atoms with Gasteiger partial charge in [0.1, 0.15) is 0 Å². The summed E-state index contributed by atoms with van der Waals surface area (Å²) in [7, 11) is 1.57. The summed E-state index contributed by atoms with van der Waals surface area (Å²) in [6.07, 6.45) is 6.99. The van der Waals surface area contributed by atoms with Gasteiger partial charge in [-0.25, -0.2) is 4.98 Å². The van der Waals surface area contributed by atoms with Crippen molar-refractivity contribution in [3.05, 3.63) is 40.9 Å². The molecule has 3 rings (SSSR count). The molecule has 0 unspecified atom stereocenters. The summed E-state index contributed by atoms with van der Waals surface area (Å²) in [5.74, 6) is 1.52. The first-order valence-electron chi connectivity index (χ1n) is 6.88. The molecule has 1 saturated heterocycles. The molecule has 0 N–H and O–H groups in total. The first-order valence-corrected chi connectivity index (χ1v) is 9.09. The van der Waals surface area contributed by atoms with E-state index >= 15 is 0 Å². The summed E-state index contributed by atoms with van der Waals surface area (Å²) in [5.41, 5.74) is 0.743. The summed E-state index contributed by atoms with van der Waals surface area (Å²) in [6.45, 7) is 0.641. The molecule has 2 aromatic heterocycles. The maximum absolute atomic E-state index is 12.5. The third-order valence-electron chi connectivity index (χ3n) is 3.22. The second-order valence-corrected chi connectivity index (χ2v) is 6.48. The molecule has 0 atom stereocenters. The highest BCUT2D eigenvalue weighted by Crippen LogP contribution is 2.33. The Labute approximate surface area is 142 Å². The van der Waals surface area contributed by atoms with Crippen molar-refractivity contribution in [2.24, 2.45) is 0 Å². The Morgan fingerprint density at radius 1 is 1.57 bits per heavy atom. The molecule has 2 aromatic rings. The predicted molar refractivity (Wildman–Crippen MR) is 90.5 cm³/mol. The zero-order chi connectivity index (χ0) is 16.2. The van der Waals surface area contributed by atoms with Gasteiger partial charge >= 0.3 is 0 Å². The Balaban J connectivity index is 1.90. The van der Waals surface area contributed by atoms with Crippen LogP contribution in [0.25, 0.3) is 6.08 Å². The molecular weight excluding hydrogens is 334 g/mol. The van der Waals surface area contributed by atoms with Crippen LogP contribution in [0.4, 0.5) is 0 Å². The Hall–Kier alpha value is -1.93. The minimum atomic E-state index is -0.146. The highest BCUT2D eigenvalue weighted by molar-refractivity contribution is 8.03. The monoisotopic (exact) mass is 349 g/mol. The topological polar surface area (TPSA) is 68.5 Å². The van der Waals surface area contributed by atoms with Crippen LogP contribution in [-0.2, 0) is 0 Å². The van der Waals surface area contributed by atoms with Crippen LogP contribution >= 0.6 is 23.5 Å². The molecule has 0 saturated carbocycles. The van der Waals surface area contributed by atoms with Gasteiger partial charge in [-0.3, -0.25) is 9.69 Å². The highest BCUT2D eigenvalue weighted by Gasteiger charge is 2.27. The fourth-order valence-corrected chi connectivity index (χ4v) is 3.49. The summed E-state index contributed by atoms with van der Waals surface area (Å²) in [5, 5.41) is 1.48. The molecule has 3 heterocycles. The van der Waals surface area contributed by atoms with Gasteiger partial charge in [-0.2, -0.15) is 4.98 Å². The van der Waals surface area contributed by atoms with E-state index in [1.807, 2.05) is 12.3 Å². The second kappa shape index (κ2) is 7.10. The number of thioether (sulfide) groups is 2. The van der Waals surface area contributed by atoms with Gasteiger partial charge < -0.3 is 9.15 Å².